The van der Waals surface area contributed by atoms with Gasteiger partial charge in [0, 0.05) is 58.0 Å². The Morgan fingerprint density at radius 3 is 2.53 bits per heavy atom. The van der Waals surface area contributed by atoms with Gasteiger partial charge in [-0.25, -0.2) is 0 Å². The molecule has 1 aliphatic heterocycles. The highest BCUT2D eigenvalue weighted by Crippen LogP contribution is 2.26. The van der Waals surface area contributed by atoms with Gasteiger partial charge >= 0.3 is 0 Å². The quantitative estimate of drug-likeness (QED) is 0.387. The maximum absolute atomic E-state index is 12.9. The number of anilines is 1. The summed E-state index contributed by atoms with van der Waals surface area (Å²) >= 11 is 0. The van der Waals surface area contributed by atoms with Crippen molar-refractivity contribution in [1.82, 2.24) is 9.80 Å². The lowest BCUT2D eigenvalue weighted by molar-refractivity contribution is -0.384. The molecule has 1 fully saturated rings. The van der Waals surface area contributed by atoms with Crippen LogP contribution in [0.1, 0.15) is 15.9 Å². The zero-order valence-corrected chi connectivity index (χ0v) is 17.3. The number of nitrogens with zero attached hydrogens (tertiary/aromatic N) is 3. The van der Waals surface area contributed by atoms with E-state index in [-0.39, 0.29) is 11.6 Å². The normalized spacial score (nSPS) is 14.5. The fourth-order valence-electron chi connectivity index (χ4n) is 3.54. The summed E-state index contributed by atoms with van der Waals surface area (Å²) in [5, 5.41) is 14.4. The Kier molecular flexibility index (Phi) is 7.75. The van der Waals surface area contributed by atoms with Gasteiger partial charge in [0.1, 0.15) is 5.69 Å². The maximum Gasteiger partial charge on any atom is 0.293 e. The second-order valence-electron chi connectivity index (χ2n) is 7.28. The molecular weight excluding hydrogens is 384 g/mol. The van der Waals surface area contributed by atoms with Crippen LogP contribution < -0.4 is 5.32 Å². The minimum atomic E-state index is -0.465. The van der Waals surface area contributed by atoms with E-state index in [0.29, 0.717) is 37.5 Å². The molecule has 0 atom stereocenters. The van der Waals surface area contributed by atoms with Gasteiger partial charge in [0.2, 0.25) is 0 Å². The molecular formula is C22H28N4O4. The molecule has 8 heteroatoms. The van der Waals surface area contributed by atoms with E-state index in [4.69, 9.17) is 4.74 Å². The second-order valence-corrected chi connectivity index (χ2v) is 7.28. The van der Waals surface area contributed by atoms with Gasteiger partial charge in [-0.15, -0.1) is 0 Å². The molecule has 30 heavy (non-hydrogen) atoms. The van der Waals surface area contributed by atoms with Gasteiger partial charge < -0.3 is 15.0 Å². The Morgan fingerprint density at radius 2 is 1.87 bits per heavy atom. The number of rotatable bonds is 9. The molecule has 1 N–H and O–H groups in total. The Labute approximate surface area is 176 Å². The van der Waals surface area contributed by atoms with Crippen LogP contribution in [0.25, 0.3) is 0 Å². The average Bonchev–Trinajstić information content (AvgIpc) is 2.78. The highest BCUT2D eigenvalue weighted by atomic mass is 16.6. The molecule has 1 saturated heterocycles. The number of hydrogen-bond donors (Lipinski definition) is 1. The van der Waals surface area contributed by atoms with E-state index in [1.807, 2.05) is 18.2 Å². The molecule has 2 aromatic rings. The molecule has 8 nitrogen and oxygen atoms in total. The predicted molar refractivity (Wildman–Crippen MR) is 116 cm³/mol. The Bertz CT molecular complexity index is 851. The first-order valence-corrected chi connectivity index (χ1v) is 10.2. The standard InChI is InChI=1S/C22H28N4O4/c1-30-16-10-23-20-8-7-19(17-21(20)26(28)29)22(27)25-14-12-24(13-15-25)11-9-18-5-3-2-4-6-18/h2-8,17,23H,9-16H2,1H3. The average molecular weight is 412 g/mol. The van der Waals surface area contributed by atoms with Gasteiger partial charge in [-0.1, -0.05) is 30.3 Å². The van der Waals surface area contributed by atoms with Gasteiger partial charge in [-0.05, 0) is 24.1 Å². The second kappa shape index (κ2) is 10.7. The smallest absolute Gasteiger partial charge is 0.293 e. The van der Waals surface area contributed by atoms with E-state index in [1.165, 1.54) is 11.6 Å². The minimum absolute atomic E-state index is 0.0987. The summed E-state index contributed by atoms with van der Waals surface area (Å²) in [5.41, 5.74) is 1.94. The minimum Gasteiger partial charge on any atom is -0.383 e. The SMILES string of the molecule is COCCNc1ccc(C(=O)N2CCN(CCc3ccccc3)CC2)cc1[N+](=O)[O-]. The van der Waals surface area contributed by atoms with Crippen molar-refractivity contribution in [3.63, 3.8) is 0 Å². The first-order chi connectivity index (χ1) is 14.6. The predicted octanol–water partition coefficient (Wildman–Crippen LogP) is 2.65. The van der Waals surface area contributed by atoms with Crippen LogP contribution in [-0.2, 0) is 11.2 Å². The van der Waals surface area contributed by atoms with E-state index < -0.39 is 4.92 Å². The fraction of sp³-hybridized carbons (Fsp3) is 0.409. The zero-order valence-electron chi connectivity index (χ0n) is 17.3. The molecule has 3 rings (SSSR count). The molecule has 0 aliphatic carbocycles. The van der Waals surface area contributed by atoms with Crippen molar-refractivity contribution in [3.05, 3.63) is 69.8 Å². The van der Waals surface area contributed by atoms with Crippen molar-refractivity contribution in [2.24, 2.45) is 0 Å². The summed E-state index contributed by atoms with van der Waals surface area (Å²) in [7, 11) is 1.57. The first kappa shape index (κ1) is 21.7. The zero-order chi connectivity index (χ0) is 21.3. The Balaban J connectivity index is 1.56. The summed E-state index contributed by atoms with van der Waals surface area (Å²) in [6.45, 7) is 4.69. The molecule has 0 aromatic heterocycles. The third kappa shape index (κ3) is 5.77. The number of nitro groups is 1. The summed E-state index contributed by atoms with van der Waals surface area (Å²) in [4.78, 5) is 28.0. The van der Waals surface area contributed by atoms with Crippen LogP contribution >= 0.6 is 0 Å². The first-order valence-electron chi connectivity index (χ1n) is 10.2. The van der Waals surface area contributed by atoms with Crippen molar-refractivity contribution in [3.8, 4) is 0 Å². The molecule has 0 radical (unpaired) electrons. The summed E-state index contributed by atoms with van der Waals surface area (Å²) < 4.78 is 4.96. The Morgan fingerprint density at radius 1 is 1.13 bits per heavy atom. The molecule has 1 amide bonds. The van der Waals surface area contributed by atoms with Gasteiger partial charge in [-0.3, -0.25) is 19.8 Å². The van der Waals surface area contributed by atoms with E-state index in [1.54, 1.807) is 24.1 Å². The van der Waals surface area contributed by atoms with Crippen molar-refractivity contribution in [2.45, 2.75) is 6.42 Å². The number of hydrogen-bond acceptors (Lipinski definition) is 6. The molecule has 1 heterocycles. The van der Waals surface area contributed by atoms with Gasteiger partial charge in [0.05, 0.1) is 11.5 Å². The molecule has 160 valence electrons. The van der Waals surface area contributed by atoms with Crippen LogP contribution in [0.5, 0.6) is 0 Å². The Hall–Kier alpha value is -2.97. The molecule has 0 spiro atoms. The van der Waals surface area contributed by atoms with E-state index in [9.17, 15) is 14.9 Å². The van der Waals surface area contributed by atoms with E-state index >= 15 is 0 Å². The van der Waals surface area contributed by atoms with Crippen molar-refractivity contribution in [2.75, 3.05) is 58.3 Å². The number of amides is 1. The lowest BCUT2D eigenvalue weighted by Gasteiger charge is -2.34. The largest absolute Gasteiger partial charge is 0.383 e. The highest BCUT2D eigenvalue weighted by molar-refractivity contribution is 5.95. The molecule has 0 saturated carbocycles. The van der Waals surface area contributed by atoms with Crippen molar-refractivity contribution in [1.29, 1.82) is 0 Å². The summed E-state index contributed by atoms with van der Waals surface area (Å²) in [6, 6.07) is 15.0. The molecule has 1 aliphatic rings. The van der Waals surface area contributed by atoms with Crippen LogP contribution in [0.3, 0.4) is 0 Å². The van der Waals surface area contributed by atoms with Crippen LogP contribution in [0.15, 0.2) is 48.5 Å². The number of carbonyl (C=O) groups excluding carboxylic acids is 1. The van der Waals surface area contributed by atoms with Gasteiger partial charge in [-0.2, -0.15) is 0 Å². The number of piperazine rings is 1. The van der Waals surface area contributed by atoms with Crippen molar-refractivity contribution < 1.29 is 14.5 Å². The lowest BCUT2D eigenvalue weighted by atomic mass is 10.1. The number of carbonyl (C=O) groups is 1. The van der Waals surface area contributed by atoms with Crippen LogP contribution in [-0.4, -0.2) is 73.6 Å². The van der Waals surface area contributed by atoms with E-state index in [2.05, 4.69) is 22.3 Å². The maximum atomic E-state index is 12.9. The van der Waals surface area contributed by atoms with Gasteiger partial charge in [0.25, 0.3) is 11.6 Å². The lowest BCUT2D eigenvalue weighted by Crippen LogP contribution is -2.49. The molecule has 0 unspecified atom stereocenters. The number of nitrogens with one attached hydrogen (secondary N) is 1. The topological polar surface area (TPSA) is 88.0 Å². The number of benzene rings is 2. The third-order valence-corrected chi connectivity index (χ3v) is 5.28. The monoisotopic (exact) mass is 412 g/mol. The number of nitro benzene ring substituents is 1. The van der Waals surface area contributed by atoms with Crippen LogP contribution in [0.4, 0.5) is 11.4 Å². The van der Waals surface area contributed by atoms with Crippen LogP contribution in [0, 0.1) is 10.1 Å². The summed E-state index contributed by atoms with van der Waals surface area (Å²) in [5.74, 6) is -0.163. The number of methoxy groups -OCH3 is 1. The molecule has 0 bridgehead atoms. The number of ether oxygens (including phenoxy) is 1. The molecule has 2 aromatic carbocycles. The van der Waals surface area contributed by atoms with Crippen molar-refractivity contribution >= 4 is 17.3 Å². The highest BCUT2D eigenvalue weighted by Gasteiger charge is 2.24. The van der Waals surface area contributed by atoms with Crippen LogP contribution in [0.2, 0.25) is 0 Å². The van der Waals surface area contributed by atoms with Gasteiger partial charge in [0.15, 0.2) is 0 Å². The fourth-order valence-corrected chi connectivity index (χ4v) is 3.54. The third-order valence-electron chi connectivity index (χ3n) is 5.28. The van der Waals surface area contributed by atoms with E-state index in [0.717, 1.165) is 26.1 Å². The summed E-state index contributed by atoms with van der Waals surface area (Å²) in [6.07, 6.45) is 0.985.